The number of nitrogens with two attached hydrogens (primary N) is 1. The van der Waals surface area contributed by atoms with Crippen molar-refractivity contribution in [3.05, 3.63) is 42.0 Å². The highest BCUT2D eigenvalue weighted by molar-refractivity contribution is 14.0. The van der Waals surface area contributed by atoms with E-state index in [9.17, 15) is 0 Å². The summed E-state index contributed by atoms with van der Waals surface area (Å²) in [6, 6.07) is 9.63. The predicted octanol–water partition coefficient (Wildman–Crippen LogP) is 2.49. The summed E-state index contributed by atoms with van der Waals surface area (Å²) >= 11 is 0. The zero-order chi connectivity index (χ0) is 13.1. The molecule has 1 fully saturated rings. The molecule has 0 unspecified atom stereocenters. The number of aromatic nitrogens is 2. The Labute approximate surface area is 133 Å². The van der Waals surface area contributed by atoms with Gasteiger partial charge in [-0.1, -0.05) is 23.4 Å². The van der Waals surface area contributed by atoms with Crippen molar-refractivity contribution in [2.75, 3.05) is 5.32 Å². The molecule has 0 atom stereocenters. The molecule has 106 valence electrons. The van der Waals surface area contributed by atoms with Gasteiger partial charge in [-0.15, -0.1) is 24.0 Å². The lowest BCUT2D eigenvalue weighted by molar-refractivity contribution is 0.374. The van der Waals surface area contributed by atoms with Crippen LogP contribution in [0.5, 0.6) is 0 Å². The first kappa shape index (κ1) is 14.8. The summed E-state index contributed by atoms with van der Waals surface area (Å²) in [6.45, 7) is 0.321. The van der Waals surface area contributed by atoms with Crippen LogP contribution in [-0.4, -0.2) is 16.1 Å². The van der Waals surface area contributed by atoms with Crippen LogP contribution in [0.1, 0.15) is 30.5 Å². The topological polar surface area (TPSA) is 89.3 Å². The van der Waals surface area contributed by atoms with Crippen LogP contribution in [0.15, 0.2) is 39.8 Å². The number of rotatable bonds is 4. The van der Waals surface area contributed by atoms with Crippen molar-refractivity contribution in [1.29, 1.82) is 0 Å². The van der Waals surface area contributed by atoms with E-state index < -0.39 is 0 Å². The van der Waals surface area contributed by atoms with Crippen molar-refractivity contribution < 1.29 is 4.52 Å². The Balaban J connectivity index is 0.00000147. The van der Waals surface area contributed by atoms with E-state index in [1.54, 1.807) is 0 Å². The summed E-state index contributed by atoms with van der Waals surface area (Å²) in [5.74, 6) is 2.09. The highest BCUT2D eigenvalue weighted by atomic mass is 127. The molecule has 0 bridgehead atoms. The summed E-state index contributed by atoms with van der Waals surface area (Å²) in [6.07, 6.45) is 2.28. The van der Waals surface area contributed by atoms with Gasteiger partial charge < -0.3 is 15.6 Å². The second-order valence-corrected chi connectivity index (χ2v) is 4.52. The summed E-state index contributed by atoms with van der Waals surface area (Å²) in [7, 11) is 0. The second-order valence-electron chi connectivity index (χ2n) is 4.52. The van der Waals surface area contributed by atoms with Crippen LogP contribution in [-0.2, 0) is 6.54 Å². The molecule has 1 aliphatic rings. The van der Waals surface area contributed by atoms with Gasteiger partial charge in [0.15, 0.2) is 11.8 Å². The number of hydrogen-bond donors (Lipinski definition) is 2. The van der Waals surface area contributed by atoms with Gasteiger partial charge in [-0.25, -0.2) is 4.99 Å². The molecule has 1 aromatic carbocycles. The minimum atomic E-state index is 0. The fourth-order valence-electron chi connectivity index (χ4n) is 1.69. The van der Waals surface area contributed by atoms with Gasteiger partial charge >= 0.3 is 0 Å². The van der Waals surface area contributed by atoms with Crippen molar-refractivity contribution in [2.24, 2.45) is 10.7 Å². The van der Waals surface area contributed by atoms with Crippen molar-refractivity contribution >= 4 is 35.6 Å². The lowest BCUT2D eigenvalue weighted by atomic mass is 10.3. The molecule has 1 saturated carbocycles. The standard InChI is InChI=1S/C13H15N5O.HI/c14-13(16-10-4-2-1-3-5-10)15-8-11-17-12(19-18-11)9-6-7-9;/h1-5,9H,6-8H2,(H3,14,15,16);1H. The van der Waals surface area contributed by atoms with Crippen molar-refractivity contribution in [2.45, 2.75) is 25.3 Å². The number of halogens is 1. The molecule has 0 spiro atoms. The maximum atomic E-state index is 5.79. The first-order valence-electron chi connectivity index (χ1n) is 6.26. The number of hydrogen-bond acceptors (Lipinski definition) is 4. The number of benzene rings is 1. The Morgan fingerprint density at radius 3 is 2.80 bits per heavy atom. The second kappa shape index (κ2) is 6.69. The molecule has 1 aliphatic carbocycles. The molecule has 2 aromatic rings. The summed E-state index contributed by atoms with van der Waals surface area (Å²) in [5, 5.41) is 6.88. The van der Waals surface area contributed by atoms with Crippen LogP contribution < -0.4 is 11.1 Å². The van der Waals surface area contributed by atoms with Crippen LogP contribution in [0.2, 0.25) is 0 Å². The molecule has 0 saturated heterocycles. The van der Waals surface area contributed by atoms with Gasteiger partial charge in [0.1, 0.15) is 6.54 Å². The monoisotopic (exact) mass is 385 g/mol. The lowest BCUT2D eigenvalue weighted by Crippen LogP contribution is -2.22. The number of nitrogens with one attached hydrogen (secondary N) is 1. The van der Waals surface area contributed by atoms with Crippen molar-refractivity contribution in [3.63, 3.8) is 0 Å². The SMILES string of the molecule is I.NC(=NCc1noc(C2CC2)n1)Nc1ccccc1. The Morgan fingerprint density at radius 2 is 2.10 bits per heavy atom. The zero-order valence-electron chi connectivity index (χ0n) is 10.8. The first-order valence-corrected chi connectivity index (χ1v) is 6.26. The van der Waals surface area contributed by atoms with Crippen LogP contribution in [0.3, 0.4) is 0 Å². The third-order valence-electron chi connectivity index (χ3n) is 2.85. The molecule has 0 radical (unpaired) electrons. The summed E-state index contributed by atoms with van der Waals surface area (Å²) in [5.41, 5.74) is 6.68. The zero-order valence-corrected chi connectivity index (χ0v) is 13.2. The van der Waals surface area contributed by atoms with E-state index in [0.29, 0.717) is 24.2 Å². The quantitative estimate of drug-likeness (QED) is 0.480. The van der Waals surface area contributed by atoms with E-state index >= 15 is 0 Å². The Morgan fingerprint density at radius 1 is 1.35 bits per heavy atom. The van der Waals surface area contributed by atoms with Gasteiger partial charge in [0.2, 0.25) is 5.89 Å². The van der Waals surface area contributed by atoms with E-state index in [2.05, 4.69) is 20.4 Å². The molecular weight excluding hydrogens is 369 g/mol. The third kappa shape index (κ3) is 3.92. The Bertz CT molecular complexity index is 579. The van der Waals surface area contributed by atoms with Crippen LogP contribution >= 0.6 is 24.0 Å². The van der Waals surface area contributed by atoms with Gasteiger partial charge in [0, 0.05) is 11.6 Å². The molecule has 20 heavy (non-hydrogen) atoms. The predicted molar refractivity (Wildman–Crippen MR) is 87.1 cm³/mol. The minimum Gasteiger partial charge on any atom is -0.370 e. The number of para-hydroxylation sites is 1. The molecular formula is C13H16IN5O. The molecule has 7 heteroatoms. The Kier molecular flexibility index (Phi) is 4.94. The van der Waals surface area contributed by atoms with Crippen molar-refractivity contribution in [3.8, 4) is 0 Å². The average molecular weight is 385 g/mol. The van der Waals surface area contributed by atoms with Gasteiger partial charge in [-0.2, -0.15) is 4.98 Å². The summed E-state index contributed by atoms with van der Waals surface area (Å²) in [4.78, 5) is 8.46. The highest BCUT2D eigenvalue weighted by Gasteiger charge is 2.29. The van der Waals surface area contributed by atoms with E-state index in [0.717, 1.165) is 24.4 Å². The van der Waals surface area contributed by atoms with E-state index in [1.807, 2.05) is 30.3 Å². The summed E-state index contributed by atoms with van der Waals surface area (Å²) < 4.78 is 5.15. The maximum absolute atomic E-state index is 5.79. The molecule has 3 rings (SSSR count). The van der Waals surface area contributed by atoms with Gasteiger partial charge in [-0.05, 0) is 25.0 Å². The highest BCUT2D eigenvalue weighted by Crippen LogP contribution is 2.38. The van der Waals surface area contributed by atoms with Gasteiger partial charge in [-0.3, -0.25) is 0 Å². The normalized spacial score (nSPS) is 14.7. The van der Waals surface area contributed by atoms with Gasteiger partial charge in [0.05, 0.1) is 0 Å². The first-order chi connectivity index (χ1) is 9.31. The molecule has 1 aromatic heterocycles. The Hall–Kier alpha value is -1.64. The molecule has 0 aliphatic heterocycles. The van der Waals surface area contributed by atoms with Crippen molar-refractivity contribution in [1.82, 2.24) is 10.1 Å². The van der Waals surface area contributed by atoms with Crippen LogP contribution in [0.25, 0.3) is 0 Å². The van der Waals surface area contributed by atoms with E-state index in [1.165, 1.54) is 0 Å². The van der Waals surface area contributed by atoms with E-state index in [4.69, 9.17) is 10.3 Å². The van der Waals surface area contributed by atoms with Crippen LogP contribution in [0, 0.1) is 0 Å². The maximum Gasteiger partial charge on any atom is 0.229 e. The molecule has 0 amide bonds. The molecule has 1 heterocycles. The number of guanidine groups is 1. The molecule has 6 nitrogen and oxygen atoms in total. The fraction of sp³-hybridized carbons (Fsp3) is 0.308. The largest absolute Gasteiger partial charge is 0.370 e. The number of anilines is 1. The van der Waals surface area contributed by atoms with E-state index in [-0.39, 0.29) is 24.0 Å². The fourth-order valence-corrected chi connectivity index (χ4v) is 1.69. The number of nitrogens with zero attached hydrogens (tertiary/aromatic N) is 3. The molecule has 3 N–H and O–H groups in total. The number of aliphatic imine (C=N–C) groups is 1. The lowest BCUT2D eigenvalue weighted by Gasteiger charge is -2.03. The smallest absolute Gasteiger partial charge is 0.229 e. The average Bonchev–Trinajstić information content (AvgIpc) is 3.17. The van der Waals surface area contributed by atoms with Crippen LogP contribution in [0.4, 0.5) is 5.69 Å². The minimum absolute atomic E-state index is 0. The van der Waals surface area contributed by atoms with Gasteiger partial charge in [0.25, 0.3) is 0 Å². The third-order valence-corrected chi connectivity index (χ3v) is 2.85.